The average Bonchev–Trinajstić information content (AvgIpc) is 2.95. The smallest absolute Gasteiger partial charge is 0.340 e. The molecule has 1 aliphatic heterocycles. The minimum Gasteiger partial charge on any atom is -0.504 e. The predicted octanol–water partition coefficient (Wildman–Crippen LogP) is 3.66. The van der Waals surface area contributed by atoms with Crippen LogP contribution in [0.15, 0.2) is 65.4 Å². The Hall–Kier alpha value is -3.54. The van der Waals surface area contributed by atoms with E-state index in [1.54, 1.807) is 25.1 Å². The van der Waals surface area contributed by atoms with Crippen molar-refractivity contribution < 1.29 is 24.2 Å². The standard InChI is InChI=1S/C23H23NO5/c1-4-29-19-12-8-11-17(21(19)25)13-18-20(23(27)28-3)15(2)24(22(18)26)14-16-9-6-5-7-10-16/h5-13,25H,4,14H2,1-3H3/b18-13-. The van der Waals surface area contributed by atoms with Crippen LogP contribution in [0.1, 0.15) is 25.0 Å². The molecule has 3 rings (SSSR count). The molecule has 6 nitrogen and oxygen atoms in total. The lowest BCUT2D eigenvalue weighted by molar-refractivity contribution is -0.136. The van der Waals surface area contributed by atoms with Crippen molar-refractivity contribution in [3.63, 3.8) is 0 Å². The predicted molar refractivity (Wildman–Crippen MR) is 109 cm³/mol. The Labute approximate surface area is 169 Å². The van der Waals surface area contributed by atoms with E-state index in [0.29, 0.717) is 30.2 Å². The van der Waals surface area contributed by atoms with Gasteiger partial charge in [0.2, 0.25) is 0 Å². The van der Waals surface area contributed by atoms with Gasteiger partial charge in [0, 0.05) is 11.3 Å². The lowest BCUT2D eigenvalue weighted by atomic mass is 10.0. The number of amides is 1. The maximum atomic E-state index is 13.2. The summed E-state index contributed by atoms with van der Waals surface area (Å²) in [6, 6.07) is 14.5. The molecule has 2 aromatic carbocycles. The second kappa shape index (κ2) is 8.65. The zero-order valence-corrected chi connectivity index (χ0v) is 16.6. The van der Waals surface area contributed by atoms with E-state index >= 15 is 0 Å². The molecular formula is C23H23NO5. The first-order chi connectivity index (χ1) is 14.0. The van der Waals surface area contributed by atoms with Gasteiger partial charge >= 0.3 is 5.97 Å². The van der Waals surface area contributed by atoms with E-state index in [4.69, 9.17) is 9.47 Å². The van der Waals surface area contributed by atoms with Gasteiger partial charge < -0.3 is 19.5 Å². The van der Waals surface area contributed by atoms with Crippen molar-refractivity contribution >= 4 is 18.0 Å². The maximum Gasteiger partial charge on any atom is 0.340 e. The molecule has 0 aromatic heterocycles. The monoisotopic (exact) mass is 393 g/mol. The molecule has 1 N–H and O–H groups in total. The number of hydrogen-bond acceptors (Lipinski definition) is 5. The molecule has 0 fully saturated rings. The van der Waals surface area contributed by atoms with Crippen LogP contribution >= 0.6 is 0 Å². The third kappa shape index (κ3) is 4.01. The number of para-hydroxylation sites is 1. The van der Waals surface area contributed by atoms with Crippen molar-refractivity contribution in [3.8, 4) is 11.5 Å². The maximum absolute atomic E-state index is 13.2. The van der Waals surface area contributed by atoms with Gasteiger partial charge in [-0.25, -0.2) is 4.79 Å². The Balaban J connectivity index is 2.06. The Bertz CT molecular complexity index is 992. The van der Waals surface area contributed by atoms with E-state index in [2.05, 4.69) is 0 Å². The number of carbonyl (C=O) groups is 2. The van der Waals surface area contributed by atoms with Crippen molar-refractivity contribution in [3.05, 3.63) is 76.5 Å². The van der Waals surface area contributed by atoms with Crippen molar-refractivity contribution in [1.29, 1.82) is 0 Å². The molecule has 1 aliphatic rings. The van der Waals surface area contributed by atoms with E-state index in [1.807, 2.05) is 37.3 Å². The van der Waals surface area contributed by atoms with Gasteiger partial charge in [0.05, 0.1) is 31.4 Å². The number of allylic oxidation sites excluding steroid dienone is 1. The van der Waals surface area contributed by atoms with Gasteiger partial charge in [0.1, 0.15) is 0 Å². The number of aromatic hydroxyl groups is 1. The molecule has 150 valence electrons. The lowest BCUT2D eigenvalue weighted by Gasteiger charge is -2.17. The quantitative estimate of drug-likeness (QED) is 0.599. The van der Waals surface area contributed by atoms with Crippen LogP contribution in [0.2, 0.25) is 0 Å². The largest absolute Gasteiger partial charge is 0.504 e. The highest BCUT2D eigenvalue weighted by Crippen LogP contribution is 2.36. The zero-order chi connectivity index (χ0) is 21.0. The molecule has 1 amide bonds. The summed E-state index contributed by atoms with van der Waals surface area (Å²) in [6.45, 7) is 4.25. The van der Waals surface area contributed by atoms with Gasteiger partial charge in [-0.15, -0.1) is 0 Å². The summed E-state index contributed by atoms with van der Waals surface area (Å²) in [5, 5.41) is 10.5. The average molecular weight is 393 g/mol. The van der Waals surface area contributed by atoms with Crippen molar-refractivity contribution in [2.75, 3.05) is 13.7 Å². The number of carbonyl (C=O) groups excluding carboxylic acids is 2. The Morgan fingerprint density at radius 3 is 2.52 bits per heavy atom. The summed E-state index contributed by atoms with van der Waals surface area (Å²) in [7, 11) is 1.28. The Morgan fingerprint density at radius 1 is 1.14 bits per heavy atom. The molecule has 0 radical (unpaired) electrons. The summed E-state index contributed by atoms with van der Waals surface area (Å²) in [4.78, 5) is 27.1. The molecule has 0 spiro atoms. The van der Waals surface area contributed by atoms with E-state index < -0.39 is 5.97 Å². The fourth-order valence-corrected chi connectivity index (χ4v) is 3.27. The van der Waals surface area contributed by atoms with Crippen molar-refractivity contribution in [2.24, 2.45) is 0 Å². The molecule has 0 atom stereocenters. The number of benzene rings is 2. The van der Waals surface area contributed by atoms with Gasteiger partial charge in [0.15, 0.2) is 11.5 Å². The first-order valence-electron chi connectivity index (χ1n) is 9.29. The molecule has 0 saturated heterocycles. The van der Waals surface area contributed by atoms with Crippen LogP contribution in [0.5, 0.6) is 11.5 Å². The van der Waals surface area contributed by atoms with E-state index in [0.717, 1.165) is 5.56 Å². The zero-order valence-electron chi connectivity index (χ0n) is 16.6. The summed E-state index contributed by atoms with van der Waals surface area (Å²) >= 11 is 0. The first kappa shape index (κ1) is 20.2. The molecule has 0 unspecified atom stereocenters. The van der Waals surface area contributed by atoms with Gasteiger partial charge in [-0.3, -0.25) is 4.79 Å². The topological polar surface area (TPSA) is 76.1 Å². The highest BCUT2D eigenvalue weighted by molar-refractivity contribution is 6.16. The lowest BCUT2D eigenvalue weighted by Crippen LogP contribution is -2.24. The second-order valence-electron chi connectivity index (χ2n) is 6.51. The van der Waals surface area contributed by atoms with Gasteiger partial charge in [0.25, 0.3) is 5.91 Å². The minimum absolute atomic E-state index is 0.0852. The summed E-state index contributed by atoms with van der Waals surface area (Å²) in [5.41, 5.74) is 2.20. The minimum atomic E-state index is -0.599. The van der Waals surface area contributed by atoms with Crippen LogP contribution in [0.4, 0.5) is 0 Å². The molecule has 1 heterocycles. The number of methoxy groups -OCH3 is 1. The van der Waals surface area contributed by atoms with Crippen molar-refractivity contribution in [2.45, 2.75) is 20.4 Å². The third-order valence-corrected chi connectivity index (χ3v) is 4.71. The fourth-order valence-electron chi connectivity index (χ4n) is 3.27. The van der Waals surface area contributed by atoms with Crippen LogP contribution in [0.25, 0.3) is 6.08 Å². The summed E-state index contributed by atoms with van der Waals surface area (Å²) < 4.78 is 10.3. The molecule has 0 saturated carbocycles. The van der Waals surface area contributed by atoms with E-state index in [9.17, 15) is 14.7 Å². The van der Waals surface area contributed by atoms with Crippen LogP contribution < -0.4 is 4.74 Å². The second-order valence-corrected chi connectivity index (χ2v) is 6.51. The molecular weight excluding hydrogens is 370 g/mol. The summed E-state index contributed by atoms with van der Waals surface area (Å²) in [5.74, 6) is -0.696. The molecule has 0 aliphatic carbocycles. The van der Waals surface area contributed by atoms with E-state index in [1.165, 1.54) is 18.1 Å². The highest BCUT2D eigenvalue weighted by Gasteiger charge is 2.37. The van der Waals surface area contributed by atoms with Gasteiger partial charge in [-0.05, 0) is 31.6 Å². The van der Waals surface area contributed by atoms with Crippen LogP contribution in [0, 0.1) is 0 Å². The number of hydrogen-bond donors (Lipinski definition) is 1. The number of esters is 1. The Kier molecular flexibility index (Phi) is 6.02. The number of phenolic OH excluding ortho intramolecular Hbond substituents is 1. The first-order valence-corrected chi connectivity index (χ1v) is 9.29. The number of phenols is 1. The van der Waals surface area contributed by atoms with Crippen LogP contribution in [-0.2, 0) is 20.9 Å². The number of rotatable bonds is 6. The summed E-state index contributed by atoms with van der Waals surface area (Å²) in [6.07, 6.45) is 1.50. The number of ether oxygens (including phenoxy) is 2. The van der Waals surface area contributed by atoms with Crippen LogP contribution in [-0.4, -0.2) is 35.6 Å². The fraction of sp³-hybridized carbons (Fsp3) is 0.217. The van der Waals surface area contributed by atoms with E-state index in [-0.39, 0.29) is 22.8 Å². The SMILES string of the molecule is CCOc1cccc(/C=C2\C(=O)N(Cc3ccccc3)C(C)=C2C(=O)OC)c1O. The highest BCUT2D eigenvalue weighted by atomic mass is 16.5. The van der Waals surface area contributed by atoms with Gasteiger partial charge in [-0.1, -0.05) is 42.5 Å². The van der Waals surface area contributed by atoms with Crippen LogP contribution in [0.3, 0.4) is 0 Å². The number of nitrogens with zero attached hydrogens (tertiary/aromatic N) is 1. The molecule has 29 heavy (non-hydrogen) atoms. The molecule has 0 bridgehead atoms. The van der Waals surface area contributed by atoms with Crippen molar-refractivity contribution in [1.82, 2.24) is 4.90 Å². The van der Waals surface area contributed by atoms with Gasteiger partial charge in [-0.2, -0.15) is 0 Å². The normalized spacial score (nSPS) is 15.2. The molecule has 6 heteroatoms. The molecule has 2 aromatic rings. The third-order valence-electron chi connectivity index (χ3n) is 4.71. The Morgan fingerprint density at radius 2 is 1.86 bits per heavy atom.